The number of benzene rings is 2. The number of nitrogens with zero attached hydrogens (tertiary/aromatic N) is 3. The van der Waals surface area contributed by atoms with Gasteiger partial charge in [0.2, 0.25) is 5.91 Å². The first-order valence-corrected chi connectivity index (χ1v) is 12.4. The molecule has 1 saturated heterocycles. The Morgan fingerprint density at radius 2 is 1.94 bits per heavy atom. The SMILES string of the molecule is CCN(C(=O)OCc1ccccc1)C(CC(C)C)CN1C[C@]2(C[C@H]1C#N)C(=O)Nc1ccccc12. The maximum absolute atomic E-state index is 13.1. The molecule has 184 valence electrons. The van der Waals surface area contributed by atoms with E-state index in [0.29, 0.717) is 32.0 Å². The van der Waals surface area contributed by atoms with Crippen LogP contribution in [0.3, 0.4) is 0 Å². The van der Waals surface area contributed by atoms with E-state index in [0.717, 1.165) is 23.2 Å². The van der Waals surface area contributed by atoms with Crippen molar-refractivity contribution in [3.63, 3.8) is 0 Å². The van der Waals surface area contributed by atoms with Gasteiger partial charge in [-0.2, -0.15) is 5.26 Å². The number of rotatable bonds is 8. The van der Waals surface area contributed by atoms with E-state index in [-0.39, 0.29) is 24.6 Å². The van der Waals surface area contributed by atoms with E-state index in [4.69, 9.17) is 4.74 Å². The number of fused-ring (bicyclic) bond motifs is 2. The van der Waals surface area contributed by atoms with Gasteiger partial charge in [0, 0.05) is 31.4 Å². The molecule has 1 spiro atoms. The highest BCUT2D eigenvalue weighted by Crippen LogP contribution is 2.46. The van der Waals surface area contributed by atoms with E-state index >= 15 is 0 Å². The molecule has 35 heavy (non-hydrogen) atoms. The number of amides is 2. The zero-order valence-corrected chi connectivity index (χ0v) is 20.7. The Kier molecular flexibility index (Phi) is 7.42. The van der Waals surface area contributed by atoms with Crippen molar-refractivity contribution in [2.45, 2.75) is 57.7 Å². The lowest BCUT2D eigenvalue weighted by molar-refractivity contribution is -0.120. The third kappa shape index (κ3) is 5.03. The third-order valence-corrected chi connectivity index (χ3v) is 7.14. The highest BCUT2D eigenvalue weighted by Gasteiger charge is 2.55. The number of likely N-dealkylation sites (N-methyl/N-ethyl adjacent to an activating group) is 1. The van der Waals surface area contributed by atoms with Crippen LogP contribution in [0.15, 0.2) is 54.6 Å². The highest BCUT2D eigenvalue weighted by molar-refractivity contribution is 6.06. The quantitative estimate of drug-likeness (QED) is 0.607. The molecule has 0 bridgehead atoms. The van der Waals surface area contributed by atoms with Gasteiger partial charge in [0.05, 0.1) is 17.5 Å². The second kappa shape index (κ2) is 10.5. The van der Waals surface area contributed by atoms with Gasteiger partial charge in [-0.1, -0.05) is 62.4 Å². The number of carbonyl (C=O) groups excluding carboxylic acids is 2. The monoisotopic (exact) mass is 474 g/mol. The molecule has 4 rings (SSSR count). The molecular formula is C28H34N4O3. The summed E-state index contributed by atoms with van der Waals surface area (Å²) in [4.78, 5) is 30.1. The topological polar surface area (TPSA) is 85.7 Å². The van der Waals surface area contributed by atoms with Crippen LogP contribution in [0.1, 0.15) is 44.7 Å². The van der Waals surface area contributed by atoms with Crippen molar-refractivity contribution in [1.29, 1.82) is 5.26 Å². The first-order valence-electron chi connectivity index (χ1n) is 12.4. The zero-order valence-electron chi connectivity index (χ0n) is 20.7. The van der Waals surface area contributed by atoms with E-state index in [1.807, 2.05) is 61.5 Å². The minimum Gasteiger partial charge on any atom is -0.445 e. The van der Waals surface area contributed by atoms with Crippen molar-refractivity contribution in [3.05, 3.63) is 65.7 Å². The Morgan fingerprint density at radius 1 is 1.23 bits per heavy atom. The molecule has 2 amide bonds. The summed E-state index contributed by atoms with van der Waals surface area (Å²) in [7, 11) is 0. The number of hydrogen-bond donors (Lipinski definition) is 1. The lowest BCUT2D eigenvalue weighted by atomic mass is 9.80. The van der Waals surface area contributed by atoms with Crippen LogP contribution in [0, 0.1) is 17.2 Å². The minimum absolute atomic E-state index is 0.0449. The molecule has 0 radical (unpaired) electrons. The molecule has 1 fully saturated rings. The number of likely N-dealkylation sites (tertiary alicyclic amines) is 1. The van der Waals surface area contributed by atoms with Gasteiger partial charge in [-0.05, 0) is 42.9 Å². The fourth-order valence-electron chi connectivity index (χ4n) is 5.49. The molecule has 2 aromatic carbocycles. The Balaban J connectivity index is 1.53. The summed E-state index contributed by atoms with van der Waals surface area (Å²) < 4.78 is 5.66. The zero-order chi connectivity index (χ0) is 25.0. The van der Waals surface area contributed by atoms with Crippen molar-refractivity contribution in [3.8, 4) is 6.07 Å². The van der Waals surface area contributed by atoms with Crippen molar-refractivity contribution in [2.24, 2.45) is 5.92 Å². The van der Waals surface area contributed by atoms with Gasteiger partial charge in [0.15, 0.2) is 0 Å². The third-order valence-electron chi connectivity index (χ3n) is 7.14. The lowest BCUT2D eigenvalue weighted by Crippen LogP contribution is -2.49. The van der Waals surface area contributed by atoms with E-state index in [2.05, 4.69) is 30.1 Å². The van der Waals surface area contributed by atoms with Crippen LogP contribution in [0.2, 0.25) is 0 Å². The molecule has 1 N–H and O–H groups in total. The number of anilines is 1. The Hall–Kier alpha value is -3.37. The Bertz CT molecular complexity index is 1100. The predicted molar refractivity (Wildman–Crippen MR) is 135 cm³/mol. The van der Waals surface area contributed by atoms with Crippen LogP contribution < -0.4 is 5.32 Å². The first kappa shape index (κ1) is 24.7. The molecule has 1 unspecified atom stereocenters. The van der Waals surface area contributed by atoms with E-state index < -0.39 is 11.5 Å². The maximum atomic E-state index is 13.1. The van der Waals surface area contributed by atoms with Crippen LogP contribution in [0.4, 0.5) is 10.5 Å². The molecule has 7 heteroatoms. The summed E-state index contributed by atoms with van der Waals surface area (Å²) in [5.41, 5.74) is 2.00. The van der Waals surface area contributed by atoms with Gasteiger partial charge >= 0.3 is 6.09 Å². The number of nitriles is 1. The van der Waals surface area contributed by atoms with Gasteiger partial charge in [-0.15, -0.1) is 0 Å². The summed E-state index contributed by atoms with van der Waals surface area (Å²) in [6.07, 6.45) is 0.873. The fourth-order valence-corrected chi connectivity index (χ4v) is 5.49. The van der Waals surface area contributed by atoms with Gasteiger partial charge in [-0.25, -0.2) is 4.79 Å². The molecule has 2 heterocycles. The summed E-state index contributed by atoms with van der Waals surface area (Å²) >= 11 is 0. The van der Waals surface area contributed by atoms with Gasteiger partial charge in [0.25, 0.3) is 0 Å². The van der Waals surface area contributed by atoms with Crippen LogP contribution in [0.25, 0.3) is 0 Å². The number of nitrogens with one attached hydrogen (secondary N) is 1. The van der Waals surface area contributed by atoms with Crippen molar-refractivity contribution < 1.29 is 14.3 Å². The van der Waals surface area contributed by atoms with Crippen LogP contribution in [0.5, 0.6) is 0 Å². The van der Waals surface area contributed by atoms with Gasteiger partial charge < -0.3 is 15.0 Å². The number of carbonyl (C=O) groups is 2. The Labute approximate surface area is 207 Å². The number of para-hydroxylation sites is 1. The molecule has 2 aromatic rings. The van der Waals surface area contributed by atoms with Crippen LogP contribution in [-0.4, -0.2) is 53.5 Å². The number of hydrogen-bond acceptors (Lipinski definition) is 5. The van der Waals surface area contributed by atoms with E-state index in [1.54, 1.807) is 4.90 Å². The van der Waals surface area contributed by atoms with E-state index in [9.17, 15) is 14.9 Å². The second-order valence-electron chi connectivity index (χ2n) is 9.97. The minimum atomic E-state index is -0.732. The average Bonchev–Trinajstić information content (AvgIpc) is 3.35. The van der Waals surface area contributed by atoms with Gasteiger partial charge in [-0.3, -0.25) is 9.69 Å². The number of ether oxygens (including phenoxy) is 1. The molecular weight excluding hydrogens is 440 g/mol. The molecule has 2 aliphatic heterocycles. The lowest BCUT2D eigenvalue weighted by Gasteiger charge is -2.35. The average molecular weight is 475 g/mol. The summed E-state index contributed by atoms with van der Waals surface area (Å²) in [5.74, 6) is 0.306. The molecule has 0 aromatic heterocycles. The first-order chi connectivity index (χ1) is 16.9. The smallest absolute Gasteiger partial charge is 0.410 e. The van der Waals surface area contributed by atoms with Crippen LogP contribution >= 0.6 is 0 Å². The summed E-state index contributed by atoms with van der Waals surface area (Å²) in [5, 5.41) is 13.0. The van der Waals surface area contributed by atoms with E-state index in [1.165, 1.54) is 0 Å². The second-order valence-corrected chi connectivity index (χ2v) is 9.97. The fraction of sp³-hybridized carbons (Fsp3) is 0.464. The molecule has 0 saturated carbocycles. The summed E-state index contributed by atoms with van der Waals surface area (Å²) in [6.45, 7) is 7.90. The standard InChI is InChI=1S/C28H34N4O3/c1-4-32(27(34)35-18-21-10-6-5-7-11-21)22(14-20(2)3)17-31-19-28(15-23(31)16-29)24-12-8-9-13-25(24)30-26(28)33/h5-13,20,22-23H,4,14-15,17-19H2,1-3H3,(H,30,33)/t22?,23-,28-/m0/s1. The molecule has 0 aliphatic carbocycles. The van der Waals surface area contributed by atoms with Crippen molar-refractivity contribution >= 4 is 17.7 Å². The van der Waals surface area contributed by atoms with Crippen LogP contribution in [-0.2, 0) is 21.6 Å². The molecule has 2 aliphatic rings. The largest absolute Gasteiger partial charge is 0.445 e. The maximum Gasteiger partial charge on any atom is 0.410 e. The van der Waals surface area contributed by atoms with Gasteiger partial charge in [0.1, 0.15) is 6.61 Å². The molecule has 3 atom stereocenters. The normalized spacial score (nSPS) is 22.0. The summed E-state index contributed by atoms with van der Waals surface area (Å²) in [6, 6.07) is 19.3. The van der Waals surface area contributed by atoms with Crippen molar-refractivity contribution in [2.75, 3.05) is 25.0 Å². The predicted octanol–water partition coefficient (Wildman–Crippen LogP) is 4.55. The highest BCUT2D eigenvalue weighted by atomic mass is 16.6. The van der Waals surface area contributed by atoms with Crippen molar-refractivity contribution in [1.82, 2.24) is 9.80 Å². The molecule has 7 nitrogen and oxygen atoms in total. The Morgan fingerprint density at radius 3 is 2.63 bits per heavy atom.